The third kappa shape index (κ3) is 11.1. The highest BCUT2D eigenvalue weighted by Gasteiger charge is 2.48. The second-order valence-electron chi connectivity index (χ2n) is 8.67. The molecule has 1 amide bonds. The lowest BCUT2D eigenvalue weighted by Gasteiger charge is -2.34. The standard InChI is InChI=1S/C19H27N3O20P4/c1-2-10-35-43(28,29)40-45(32,33)42-46(34,39-27)41-44(30,31)36-11-13-15(24)16(38-19(26)20-12-6-4-3-5-7-12)17(37-13)22-9-8-14(23)21-18(22)25/h3-9,13,15-17,24,27H,2,10-11H2,1H3,(H,20,26)(H,28,29)(H,30,31)(H,32,33)(H,21,23,25)/p-4/t13-,15?,16?,17-,46?/m1/s1. The summed E-state index contributed by atoms with van der Waals surface area (Å²) in [5.41, 5.74) is -1.70. The maximum Gasteiger partial charge on any atom is 0.478 e. The fraction of sp³-hybridized carbons (Fsp3) is 0.421. The molecule has 0 bridgehead atoms. The van der Waals surface area contributed by atoms with Crippen LogP contribution in [0.2, 0.25) is 0 Å². The Morgan fingerprint density at radius 2 is 1.63 bits per heavy atom. The molecule has 1 saturated heterocycles. The first kappa shape index (κ1) is 38.1. The molecule has 3 N–H and O–H groups in total. The highest BCUT2D eigenvalue weighted by Crippen LogP contribution is 2.70. The average molecular weight is 737 g/mol. The van der Waals surface area contributed by atoms with Crippen molar-refractivity contribution < 1.29 is 84.2 Å². The van der Waals surface area contributed by atoms with Crippen molar-refractivity contribution in [3.63, 3.8) is 0 Å². The number of benzene rings is 1. The molecule has 1 aliphatic heterocycles. The van der Waals surface area contributed by atoms with Crippen molar-refractivity contribution in [1.29, 1.82) is 0 Å². The SMILES string of the molecule is CCCOP(=O)([O-])OP(=O)([O-])OP(=O)(O[O-])OP(=O)([O-])OC[C@H]1O[C@@H](n2ccc(=O)[nH]c2=O)C(OC(=O)Nc2ccccc2)C1O. The van der Waals surface area contributed by atoms with E-state index >= 15 is 0 Å². The van der Waals surface area contributed by atoms with Crippen molar-refractivity contribution in [2.24, 2.45) is 0 Å². The van der Waals surface area contributed by atoms with Crippen molar-refractivity contribution >= 4 is 43.1 Å². The lowest BCUT2D eigenvalue weighted by molar-refractivity contribution is -0.642. The molecule has 8 atom stereocenters. The van der Waals surface area contributed by atoms with Crippen LogP contribution in [-0.4, -0.2) is 52.3 Å². The minimum Gasteiger partial charge on any atom is -0.756 e. The van der Waals surface area contributed by atoms with Crippen molar-refractivity contribution in [1.82, 2.24) is 9.55 Å². The Morgan fingerprint density at radius 1 is 1.00 bits per heavy atom. The Hall–Kier alpha value is -2.39. The van der Waals surface area contributed by atoms with Crippen LogP contribution in [0.15, 0.2) is 52.2 Å². The van der Waals surface area contributed by atoms with Crippen molar-refractivity contribution in [3.8, 4) is 0 Å². The Kier molecular flexibility index (Phi) is 13.0. The summed E-state index contributed by atoms with van der Waals surface area (Å²) in [6.45, 7) is -0.448. The number of para-hydroxylation sites is 1. The molecule has 0 aliphatic carbocycles. The van der Waals surface area contributed by atoms with Crippen molar-refractivity contribution in [2.45, 2.75) is 37.9 Å². The van der Waals surface area contributed by atoms with E-state index in [-0.39, 0.29) is 12.1 Å². The smallest absolute Gasteiger partial charge is 0.478 e. The van der Waals surface area contributed by atoms with Gasteiger partial charge in [0.05, 0.1) is 13.2 Å². The minimum absolute atomic E-state index is 0.0666. The Morgan fingerprint density at radius 3 is 2.24 bits per heavy atom. The first-order chi connectivity index (χ1) is 21.4. The van der Waals surface area contributed by atoms with Crippen LogP contribution in [0.3, 0.4) is 0 Å². The van der Waals surface area contributed by atoms with E-state index in [1.165, 1.54) is 19.1 Å². The van der Waals surface area contributed by atoms with E-state index < -0.39 is 86.4 Å². The van der Waals surface area contributed by atoms with Crippen LogP contribution in [0.4, 0.5) is 10.5 Å². The molecule has 1 aliphatic rings. The van der Waals surface area contributed by atoms with Crippen LogP contribution >= 0.6 is 31.3 Å². The van der Waals surface area contributed by atoms with Crippen LogP contribution in [-0.2, 0) is 54.4 Å². The molecule has 1 fully saturated rings. The fourth-order valence-corrected chi connectivity index (χ4v) is 8.51. The number of carbonyl (C=O) groups is 1. The molecule has 0 saturated carbocycles. The van der Waals surface area contributed by atoms with Gasteiger partial charge < -0.3 is 48.2 Å². The number of hydrogen-bond acceptors (Lipinski definition) is 20. The molecule has 1 aromatic carbocycles. The number of phosphoric ester groups is 2. The van der Waals surface area contributed by atoms with Gasteiger partial charge in [-0.15, -0.1) is 0 Å². The minimum atomic E-state index is -6.38. The highest BCUT2D eigenvalue weighted by molar-refractivity contribution is 7.69. The van der Waals surface area contributed by atoms with E-state index in [1.54, 1.807) is 18.2 Å². The monoisotopic (exact) mass is 737 g/mol. The summed E-state index contributed by atoms with van der Waals surface area (Å²) in [5.74, 6) is 0. The summed E-state index contributed by atoms with van der Waals surface area (Å²) in [6, 6.07) is 8.58. The maximum atomic E-state index is 12.5. The zero-order valence-corrected chi connectivity index (χ0v) is 26.5. The number of carbonyl (C=O) groups excluding carboxylic acids is 1. The molecular formula is C19H23N3O20P4-4. The second kappa shape index (κ2) is 15.7. The number of anilines is 1. The number of nitrogens with zero attached hydrogens (tertiary/aromatic N) is 1. The number of phosphoric acid groups is 4. The zero-order valence-electron chi connectivity index (χ0n) is 22.9. The van der Waals surface area contributed by atoms with Gasteiger partial charge in [0.15, 0.2) is 12.3 Å². The molecular weight excluding hydrogens is 714 g/mol. The third-order valence-electron chi connectivity index (χ3n) is 5.24. The van der Waals surface area contributed by atoms with Gasteiger partial charge in [0.25, 0.3) is 29.0 Å². The fourth-order valence-electron chi connectivity index (χ4n) is 3.47. The van der Waals surface area contributed by atoms with E-state index in [9.17, 15) is 57.7 Å². The molecule has 2 aromatic rings. The maximum absolute atomic E-state index is 12.5. The van der Waals surface area contributed by atoms with Gasteiger partial charge in [0, 0.05) is 18.0 Å². The molecule has 6 unspecified atom stereocenters. The predicted octanol–water partition coefficient (Wildman–Crippen LogP) is -1.29. The van der Waals surface area contributed by atoms with E-state index in [0.717, 1.165) is 12.3 Å². The van der Waals surface area contributed by atoms with E-state index in [0.29, 0.717) is 4.57 Å². The van der Waals surface area contributed by atoms with E-state index in [1.807, 2.05) is 4.98 Å². The first-order valence-electron chi connectivity index (χ1n) is 12.3. The molecule has 3 rings (SSSR count). The van der Waals surface area contributed by atoms with Gasteiger partial charge in [-0.05, 0) is 18.6 Å². The number of aromatic amines is 1. The molecule has 2 heterocycles. The number of nitrogens with one attached hydrogen (secondary N) is 2. The molecule has 46 heavy (non-hydrogen) atoms. The normalized spacial score (nSPS) is 25.0. The second-order valence-corrected chi connectivity index (χ2v) is 14.9. The first-order valence-corrected chi connectivity index (χ1v) is 18.2. The number of rotatable bonds is 16. The molecule has 258 valence electrons. The van der Waals surface area contributed by atoms with Gasteiger partial charge in [-0.3, -0.25) is 33.4 Å². The van der Waals surface area contributed by atoms with Crippen LogP contribution in [0.5, 0.6) is 0 Å². The molecule has 1 aromatic heterocycles. The number of ether oxygens (including phenoxy) is 2. The molecule has 0 radical (unpaired) electrons. The summed E-state index contributed by atoms with van der Waals surface area (Å²) >= 11 is 0. The van der Waals surface area contributed by atoms with Crippen molar-refractivity contribution in [2.75, 3.05) is 18.5 Å². The molecule has 27 heteroatoms. The summed E-state index contributed by atoms with van der Waals surface area (Å²) in [5, 5.41) is 24.0. The Labute approximate surface area is 256 Å². The summed E-state index contributed by atoms with van der Waals surface area (Å²) in [6.07, 6.45) is -7.60. The number of hydrogen-bond donors (Lipinski definition) is 3. The van der Waals surface area contributed by atoms with Gasteiger partial charge >= 0.3 is 19.6 Å². The molecule has 23 nitrogen and oxygen atoms in total. The van der Waals surface area contributed by atoms with E-state index in [4.69, 9.17) is 9.47 Å². The number of aliphatic hydroxyl groups is 1. The Bertz CT molecular complexity index is 1670. The van der Waals surface area contributed by atoms with Crippen molar-refractivity contribution in [3.05, 3.63) is 63.4 Å². The highest BCUT2D eigenvalue weighted by atomic mass is 31.3. The molecule has 0 spiro atoms. The van der Waals surface area contributed by atoms with Crippen LogP contribution < -0.4 is 36.5 Å². The predicted molar refractivity (Wildman–Crippen MR) is 139 cm³/mol. The van der Waals surface area contributed by atoms with Gasteiger partial charge in [0.2, 0.25) is 0 Å². The lowest BCUT2D eigenvalue weighted by atomic mass is 10.1. The number of aliphatic hydroxyl groups excluding tert-OH is 1. The average Bonchev–Trinajstić information content (AvgIpc) is 3.24. The van der Waals surface area contributed by atoms with Gasteiger partial charge in [0.1, 0.15) is 12.2 Å². The van der Waals surface area contributed by atoms with Gasteiger partial charge in [-0.2, -0.15) is 0 Å². The number of H-pyrrole nitrogens is 1. The van der Waals surface area contributed by atoms with Crippen LogP contribution in [0, 0.1) is 0 Å². The largest absolute Gasteiger partial charge is 0.756 e. The summed E-state index contributed by atoms with van der Waals surface area (Å²) in [4.78, 5) is 73.9. The Balaban J connectivity index is 1.74. The van der Waals surface area contributed by atoms with Crippen LogP contribution in [0.25, 0.3) is 0 Å². The zero-order chi connectivity index (χ0) is 34.3. The summed E-state index contributed by atoms with van der Waals surface area (Å²) in [7, 11) is -24.5. The van der Waals surface area contributed by atoms with Gasteiger partial charge in [-0.1, -0.05) is 25.1 Å². The third-order valence-corrected chi connectivity index (χ3v) is 11.2. The summed E-state index contributed by atoms with van der Waals surface area (Å²) < 4.78 is 81.5. The number of aromatic nitrogens is 2. The van der Waals surface area contributed by atoms with Gasteiger partial charge in [-0.25, -0.2) is 27.1 Å². The lowest BCUT2D eigenvalue weighted by Crippen LogP contribution is -2.41. The van der Waals surface area contributed by atoms with Crippen LogP contribution in [0.1, 0.15) is 19.6 Å². The number of amides is 1. The van der Waals surface area contributed by atoms with E-state index in [2.05, 4.69) is 32.0 Å². The topological polar surface area (TPSA) is 339 Å². The quantitative estimate of drug-likeness (QED) is 0.102.